The Bertz CT molecular complexity index is 2340. The van der Waals surface area contributed by atoms with Crippen LogP contribution in [-0.2, 0) is 30.8 Å². The van der Waals surface area contributed by atoms with Crippen molar-refractivity contribution in [1.82, 2.24) is 14.9 Å². The maximum absolute atomic E-state index is 15.3. The number of halogens is 5. The Kier molecular flexibility index (Phi) is 7.86. The Balaban J connectivity index is 1.39. The number of carbonyl (C=O) groups is 5. The number of aromatic hydroxyl groups is 1. The van der Waals surface area contributed by atoms with Crippen LogP contribution in [0.4, 0.5) is 23.8 Å². The van der Waals surface area contributed by atoms with E-state index in [2.05, 4.69) is 10.4 Å². The van der Waals surface area contributed by atoms with Gasteiger partial charge in [-0.1, -0.05) is 77.3 Å². The average molecular weight is 765 g/mol. The lowest BCUT2D eigenvalue weighted by Crippen LogP contribution is -2.53. The van der Waals surface area contributed by atoms with Gasteiger partial charge in [-0.05, 0) is 59.4 Å². The van der Waals surface area contributed by atoms with Gasteiger partial charge in [0.25, 0.3) is 11.8 Å². The topological polar surface area (TPSA) is 163 Å². The van der Waals surface area contributed by atoms with Gasteiger partial charge in [0.15, 0.2) is 5.82 Å². The maximum Gasteiger partial charge on any atom is 0.417 e. The monoisotopic (exact) mass is 763 g/mol. The summed E-state index contributed by atoms with van der Waals surface area (Å²) in [6.07, 6.45) is -2.74. The van der Waals surface area contributed by atoms with E-state index in [0.717, 1.165) is 0 Å². The number of anilines is 1. The standard InChI is InChI=1S/C37H26Cl2F3N5O6/c38-19-8-6-17(7-9-19)36-24(32(50)47(34(36)52)45-30-25(39)13-18(15-44-30)37(40,41)42)14-23-21(10-11-22-27(23)33(51)46(31(22)49)35(43)53)29(36)28-20-4-2-1-3-16(20)5-12-26(28)48/h1-10,12-13,15,22-24,27,29,48H,11,14H2,(H2,43,53)(H,44,45). The zero-order valence-corrected chi connectivity index (χ0v) is 28.6. The number of aromatic nitrogens is 1. The minimum absolute atomic E-state index is 0.0105. The largest absolute Gasteiger partial charge is 0.508 e. The number of nitrogens with zero attached hydrogens (tertiary/aromatic N) is 3. The second-order valence-corrected chi connectivity index (χ2v) is 14.3. The van der Waals surface area contributed by atoms with Gasteiger partial charge in [-0.3, -0.25) is 24.6 Å². The van der Waals surface area contributed by atoms with Crippen LogP contribution in [0.1, 0.15) is 35.4 Å². The van der Waals surface area contributed by atoms with E-state index < -0.39 is 87.2 Å². The number of nitrogens with one attached hydrogen (secondary N) is 1. The van der Waals surface area contributed by atoms with Crippen molar-refractivity contribution in [3.05, 3.63) is 111 Å². The number of carbonyl (C=O) groups excluding carboxylic acids is 5. The molecule has 270 valence electrons. The lowest BCUT2D eigenvalue weighted by molar-refractivity contribution is -0.140. The summed E-state index contributed by atoms with van der Waals surface area (Å²) < 4.78 is 40.4. The van der Waals surface area contributed by atoms with Gasteiger partial charge in [-0.15, -0.1) is 0 Å². The van der Waals surface area contributed by atoms with Crippen LogP contribution < -0.4 is 11.2 Å². The van der Waals surface area contributed by atoms with Crippen molar-refractivity contribution >= 4 is 69.5 Å². The first-order valence-corrected chi connectivity index (χ1v) is 17.1. The number of benzene rings is 3. The normalized spacial score (nSPS) is 26.7. The van der Waals surface area contributed by atoms with Gasteiger partial charge in [0.2, 0.25) is 11.8 Å². The third-order valence-corrected chi connectivity index (χ3v) is 11.6. The first kappa shape index (κ1) is 34.6. The van der Waals surface area contributed by atoms with Crippen LogP contribution >= 0.6 is 23.2 Å². The van der Waals surface area contributed by atoms with Crippen LogP contribution in [0.3, 0.4) is 0 Å². The number of allylic oxidation sites excluding steroid dienone is 2. The molecule has 53 heavy (non-hydrogen) atoms. The van der Waals surface area contributed by atoms with Crippen molar-refractivity contribution in [1.29, 1.82) is 0 Å². The highest BCUT2D eigenvalue weighted by molar-refractivity contribution is 6.33. The fraction of sp³-hybridized carbons (Fsp3) is 0.243. The summed E-state index contributed by atoms with van der Waals surface area (Å²) in [5.74, 6) is -9.44. The summed E-state index contributed by atoms with van der Waals surface area (Å²) in [4.78, 5) is 73.9. The number of phenols is 1. The number of rotatable bonds is 4. The van der Waals surface area contributed by atoms with E-state index in [9.17, 15) is 37.5 Å². The highest BCUT2D eigenvalue weighted by atomic mass is 35.5. The molecular weight excluding hydrogens is 738 g/mol. The van der Waals surface area contributed by atoms with Crippen LogP contribution in [0.25, 0.3) is 10.8 Å². The van der Waals surface area contributed by atoms with E-state index in [-0.39, 0.29) is 24.2 Å². The van der Waals surface area contributed by atoms with Crippen LogP contribution in [0.5, 0.6) is 5.75 Å². The first-order valence-electron chi connectivity index (χ1n) is 16.4. The molecule has 2 aliphatic carbocycles. The maximum atomic E-state index is 15.3. The zero-order valence-electron chi connectivity index (χ0n) is 27.1. The number of hydrogen-bond acceptors (Lipinski definition) is 8. The van der Waals surface area contributed by atoms with Crippen LogP contribution in [0, 0.1) is 23.7 Å². The average Bonchev–Trinajstić information content (AvgIpc) is 3.50. The second-order valence-electron chi connectivity index (χ2n) is 13.5. The lowest BCUT2D eigenvalue weighted by atomic mass is 9.48. The number of urea groups is 1. The molecule has 6 unspecified atom stereocenters. The Hall–Kier alpha value is -5.47. The van der Waals surface area contributed by atoms with E-state index in [0.29, 0.717) is 49.1 Å². The molecule has 0 radical (unpaired) electrons. The van der Waals surface area contributed by atoms with E-state index in [1.807, 2.05) is 0 Å². The molecule has 6 amide bonds. The van der Waals surface area contributed by atoms with Gasteiger partial charge >= 0.3 is 12.2 Å². The van der Waals surface area contributed by atoms with Gasteiger partial charge in [0.1, 0.15) is 5.75 Å². The summed E-state index contributed by atoms with van der Waals surface area (Å²) in [7, 11) is 0. The van der Waals surface area contributed by atoms with Gasteiger partial charge in [0, 0.05) is 22.7 Å². The van der Waals surface area contributed by atoms with Crippen molar-refractivity contribution in [3.63, 3.8) is 0 Å². The molecule has 3 fully saturated rings. The molecule has 2 saturated heterocycles. The van der Waals surface area contributed by atoms with E-state index in [1.165, 1.54) is 18.2 Å². The quantitative estimate of drug-likeness (QED) is 0.161. The number of likely N-dealkylation sites (tertiary alicyclic amines) is 1. The molecule has 6 atom stereocenters. The molecule has 0 spiro atoms. The fourth-order valence-corrected chi connectivity index (χ4v) is 9.24. The van der Waals surface area contributed by atoms with E-state index >= 15 is 4.79 Å². The fourth-order valence-electron chi connectivity index (χ4n) is 8.90. The summed E-state index contributed by atoms with van der Waals surface area (Å²) in [5.41, 5.74) is 6.05. The Morgan fingerprint density at radius 2 is 1.68 bits per heavy atom. The molecule has 8 rings (SSSR count). The molecular formula is C37H26Cl2F3N5O6. The number of pyridine rings is 1. The summed E-state index contributed by atoms with van der Waals surface area (Å²) in [6.45, 7) is 0. The second kappa shape index (κ2) is 12.0. The molecule has 1 aromatic heterocycles. The number of hydrazine groups is 1. The van der Waals surface area contributed by atoms with Crippen molar-refractivity contribution in [3.8, 4) is 5.75 Å². The number of imide groups is 4. The number of nitrogens with two attached hydrogens (primary N) is 1. The molecule has 4 aromatic rings. The number of primary amides is 1. The number of phenolic OH excluding ortho intramolecular Hbond substituents is 1. The molecule has 3 heterocycles. The third kappa shape index (κ3) is 4.95. The third-order valence-electron chi connectivity index (χ3n) is 11.0. The van der Waals surface area contributed by atoms with Crippen molar-refractivity contribution < 1.29 is 42.3 Å². The number of amides is 6. The Morgan fingerprint density at radius 3 is 2.36 bits per heavy atom. The molecule has 16 heteroatoms. The van der Waals surface area contributed by atoms with Crippen molar-refractivity contribution in [2.75, 3.05) is 5.43 Å². The molecule has 0 bridgehead atoms. The van der Waals surface area contributed by atoms with Gasteiger partial charge in [0.05, 0.1) is 33.8 Å². The molecule has 11 nitrogen and oxygen atoms in total. The smallest absolute Gasteiger partial charge is 0.417 e. The van der Waals surface area contributed by atoms with Crippen molar-refractivity contribution in [2.24, 2.45) is 29.4 Å². The van der Waals surface area contributed by atoms with Crippen molar-refractivity contribution in [2.45, 2.75) is 30.4 Å². The lowest BCUT2D eigenvalue weighted by Gasteiger charge is -2.51. The Labute approximate surface area is 308 Å². The summed E-state index contributed by atoms with van der Waals surface area (Å²) >= 11 is 12.5. The molecule has 1 saturated carbocycles. The highest BCUT2D eigenvalue weighted by Gasteiger charge is 2.71. The molecule has 4 N–H and O–H groups in total. The summed E-state index contributed by atoms with van der Waals surface area (Å²) in [5, 5.41) is 13.4. The van der Waals surface area contributed by atoms with Crippen LogP contribution in [0.2, 0.25) is 10.0 Å². The van der Waals surface area contributed by atoms with E-state index in [4.69, 9.17) is 28.9 Å². The van der Waals surface area contributed by atoms with Crippen LogP contribution in [-0.4, -0.2) is 49.7 Å². The minimum Gasteiger partial charge on any atom is -0.508 e. The Morgan fingerprint density at radius 1 is 0.962 bits per heavy atom. The number of fused-ring (bicyclic) bond motifs is 5. The van der Waals surface area contributed by atoms with Gasteiger partial charge in [-0.25, -0.2) is 9.78 Å². The first-order chi connectivity index (χ1) is 25.2. The molecule has 4 aliphatic rings. The zero-order chi connectivity index (χ0) is 37.7. The molecule has 2 aliphatic heterocycles. The predicted molar refractivity (Wildman–Crippen MR) is 184 cm³/mol. The molecule has 3 aromatic carbocycles. The van der Waals surface area contributed by atoms with Crippen LogP contribution in [0.15, 0.2) is 84.6 Å². The number of alkyl halides is 3. The van der Waals surface area contributed by atoms with Gasteiger partial charge in [-0.2, -0.15) is 23.1 Å². The summed E-state index contributed by atoms with van der Waals surface area (Å²) in [6, 6.07) is 15.8. The number of hydrogen-bond donors (Lipinski definition) is 3. The van der Waals surface area contributed by atoms with E-state index in [1.54, 1.807) is 48.5 Å². The highest BCUT2D eigenvalue weighted by Crippen LogP contribution is 2.65. The SMILES string of the molecule is NC(=O)N1C(=O)C2CC=C3C(CC4C(=O)N(Nc5ncc(C(F)(F)F)cc5Cl)C(=O)C4(c4ccc(Cl)cc4)C3c3c(O)ccc4ccccc34)C2C1=O. The van der Waals surface area contributed by atoms with Gasteiger partial charge < -0.3 is 10.8 Å². The minimum atomic E-state index is -4.78. The predicted octanol–water partition coefficient (Wildman–Crippen LogP) is 6.33.